The van der Waals surface area contributed by atoms with Gasteiger partial charge in [-0.25, -0.2) is 0 Å². The molecule has 0 radical (unpaired) electrons. The first kappa shape index (κ1) is 19.5. The number of para-hydroxylation sites is 1. The van der Waals surface area contributed by atoms with Crippen LogP contribution in [0.25, 0.3) is 0 Å². The van der Waals surface area contributed by atoms with E-state index in [9.17, 15) is 4.79 Å². The fraction of sp³-hybridized carbons (Fsp3) is 0.458. The van der Waals surface area contributed by atoms with Crippen molar-refractivity contribution in [1.29, 1.82) is 0 Å². The third kappa shape index (κ3) is 5.59. The van der Waals surface area contributed by atoms with Gasteiger partial charge in [-0.2, -0.15) is 0 Å². The van der Waals surface area contributed by atoms with Crippen LogP contribution >= 0.6 is 0 Å². The molecular formula is C24H30O3. The van der Waals surface area contributed by atoms with Gasteiger partial charge in [0.05, 0.1) is 5.92 Å². The molecule has 0 aliphatic heterocycles. The van der Waals surface area contributed by atoms with Crippen molar-refractivity contribution < 1.29 is 14.3 Å². The van der Waals surface area contributed by atoms with Gasteiger partial charge in [-0.05, 0) is 62.8 Å². The Hall–Kier alpha value is -2.29. The Morgan fingerprint density at radius 3 is 2.30 bits per heavy atom. The van der Waals surface area contributed by atoms with Gasteiger partial charge in [0.2, 0.25) is 0 Å². The largest absolute Gasteiger partial charge is 0.489 e. The molecule has 0 N–H and O–H groups in total. The predicted octanol–water partition coefficient (Wildman–Crippen LogP) is 5.88. The summed E-state index contributed by atoms with van der Waals surface area (Å²) < 4.78 is 11.5. The lowest BCUT2D eigenvalue weighted by atomic mass is 9.75. The van der Waals surface area contributed by atoms with Crippen molar-refractivity contribution in [2.75, 3.05) is 0 Å². The van der Waals surface area contributed by atoms with Crippen LogP contribution in [0.2, 0.25) is 0 Å². The van der Waals surface area contributed by atoms with Crippen LogP contribution in [0, 0.1) is 5.92 Å². The van der Waals surface area contributed by atoms with E-state index in [2.05, 4.69) is 24.3 Å². The number of carbonyl (C=O) groups excluding carboxylic acids is 1. The van der Waals surface area contributed by atoms with Crippen molar-refractivity contribution in [3.05, 3.63) is 65.7 Å². The van der Waals surface area contributed by atoms with Gasteiger partial charge < -0.3 is 9.47 Å². The van der Waals surface area contributed by atoms with E-state index in [0.717, 1.165) is 30.6 Å². The Morgan fingerprint density at radius 1 is 0.963 bits per heavy atom. The normalized spacial score (nSPS) is 20.1. The Bertz CT molecular complexity index is 728. The zero-order chi connectivity index (χ0) is 19.3. The summed E-state index contributed by atoms with van der Waals surface area (Å²) in [6, 6.07) is 18.4. The molecule has 2 aromatic carbocycles. The van der Waals surface area contributed by atoms with Crippen molar-refractivity contribution in [3.63, 3.8) is 0 Å². The van der Waals surface area contributed by atoms with Crippen LogP contribution in [0.4, 0.5) is 0 Å². The Labute approximate surface area is 162 Å². The Kier molecular flexibility index (Phi) is 6.20. The number of hydrogen-bond acceptors (Lipinski definition) is 3. The number of hydrogen-bond donors (Lipinski definition) is 0. The summed E-state index contributed by atoms with van der Waals surface area (Å²) in [5.74, 6) is 1.03. The second kappa shape index (κ2) is 8.60. The maximum Gasteiger partial charge on any atom is 0.310 e. The highest BCUT2D eigenvalue weighted by atomic mass is 16.6. The van der Waals surface area contributed by atoms with E-state index in [1.165, 1.54) is 12.0 Å². The van der Waals surface area contributed by atoms with E-state index in [0.29, 0.717) is 6.61 Å². The minimum Gasteiger partial charge on any atom is -0.489 e. The fourth-order valence-corrected chi connectivity index (χ4v) is 3.73. The van der Waals surface area contributed by atoms with Gasteiger partial charge in [-0.15, -0.1) is 0 Å². The number of esters is 1. The number of rotatable bonds is 5. The summed E-state index contributed by atoms with van der Waals surface area (Å²) in [5.41, 5.74) is 1.93. The molecular weight excluding hydrogens is 336 g/mol. The van der Waals surface area contributed by atoms with E-state index >= 15 is 0 Å². The fourth-order valence-electron chi connectivity index (χ4n) is 3.73. The SMILES string of the molecule is CC(C)(C)OC(=O)[C@H]1CCCC[C@@H]1c1ccc(COc2ccccc2)cc1. The van der Waals surface area contributed by atoms with Crippen LogP contribution < -0.4 is 4.74 Å². The van der Waals surface area contributed by atoms with Gasteiger partial charge in [-0.3, -0.25) is 4.79 Å². The topological polar surface area (TPSA) is 35.5 Å². The van der Waals surface area contributed by atoms with Crippen LogP contribution in [-0.2, 0) is 16.1 Å². The molecule has 3 heteroatoms. The van der Waals surface area contributed by atoms with Crippen molar-refractivity contribution in [1.82, 2.24) is 0 Å². The van der Waals surface area contributed by atoms with Gasteiger partial charge in [0.25, 0.3) is 0 Å². The van der Waals surface area contributed by atoms with Crippen LogP contribution in [-0.4, -0.2) is 11.6 Å². The van der Waals surface area contributed by atoms with E-state index in [4.69, 9.17) is 9.47 Å². The summed E-state index contributed by atoms with van der Waals surface area (Å²) >= 11 is 0. The summed E-state index contributed by atoms with van der Waals surface area (Å²) in [7, 11) is 0. The highest BCUT2D eigenvalue weighted by Gasteiger charge is 2.34. The quantitative estimate of drug-likeness (QED) is 0.620. The van der Waals surface area contributed by atoms with Gasteiger partial charge >= 0.3 is 5.97 Å². The zero-order valence-corrected chi connectivity index (χ0v) is 16.6. The molecule has 0 bridgehead atoms. The molecule has 0 unspecified atom stereocenters. The summed E-state index contributed by atoms with van der Waals surface area (Å²) in [4.78, 5) is 12.7. The Balaban J connectivity index is 1.66. The molecule has 1 aliphatic carbocycles. The van der Waals surface area contributed by atoms with Gasteiger partial charge in [-0.1, -0.05) is 55.3 Å². The second-order valence-electron chi connectivity index (χ2n) is 8.37. The molecule has 0 aromatic heterocycles. The molecule has 144 valence electrons. The van der Waals surface area contributed by atoms with Crippen LogP contribution in [0.3, 0.4) is 0 Å². The average Bonchev–Trinajstić information content (AvgIpc) is 2.66. The minimum absolute atomic E-state index is 0.0376. The minimum atomic E-state index is -0.433. The second-order valence-corrected chi connectivity index (χ2v) is 8.37. The molecule has 2 atom stereocenters. The van der Waals surface area contributed by atoms with E-state index in [1.807, 2.05) is 51.1 Å². The third-order valence-corrected chi connectivity index (χ3v) is 5.03. The maximum atomic E-state index is 12.7. The number of carbonyl (C=O) groups is 1. The Morgan fingerprint density at radius 2 is 1.63 bits per heavy atom. The predicted molar refractivity (Wildman–Crippen MR) is 108 cm³/mol. The monoisotopic (exact) mass is 366 g/mol. The first-order chi connectivity index (χ1) is 12.9. The van der Waals surface area contributed by atoms with Crippen molar-refractivity contribution >= 4 is 5.97 Å². The molecule has 27 heavy (non-hydrogen) atoms. The molecule has 3 rings (SSSR count). The highest BCUT2D eigenvalue weighted by molar-refractivity contribution is 5.74. The molecule has 1 fully saturated rings. The standard InChI is InChI=1S/C24H30O3/c1-24(2,3)27-23(25)22-12-8-7-11-21(22)19-15-13-18(14-16-19)17-26-20-9-5-4-6-10-20/h4-6,9-10,13-16,21-22H,7-8,11-12,17H2,1-3H3/t21-,22+/m1/s1. The first-order valence-corrected chi connectivity index (χ1v) is 9.92. The van der Waals surface area contributed by atoms with Gasteiger partial charge in [0, 0.05) is 0 Å². The number of benzene rings is 2. The molecule has 0 spiro atoms. The summed E-state index contributed by atoms with van der Waals surface area (Å²) in [5, 5.41) is 0. The number of ether oxygens (including phenoxy) is 2. The maximum absolute atomic E-state index is 12.7. The first-order valence-electron chi connectivity index (χ1n) is 9.92. The molecule has 0 saturated heterocycles. The van der Waals surface area contributed by atoms with Crippen molar-refractivity contribution in [2.45, 2.75) is 64.6 Å². The zero-order valence-electron chi connectivity index (χ0n) is 16.6. The smallest absolute Gasteiger partial charge is 0.310 e. The van der Waals surface area contributed by atoms with Crippen molar-refractivity contribution in [2.24, 2.45) is 5.92 Å². The molecule has 1 saturated carbocycles. The lowest BCUT2D eigenvalue weighted by molar-refractivity contribution is -0.161. The van der Waals surface area contributed by atoms with Crippen LogP contribution in [0.5, 0.6) is 5.75 Å². The van der Waals surface area contributed by atoms with E-state index in [1.54, 1.807) is 0 Å². The average molecular weight is 367 g/mol. The van der Waals surface area contributed by atoms with Crippen LogP contribution in [0.1, 0.15) is 63.5 Å². The molecule has 3 nitrogen and oxygen atoms in total. The highest BCUT2D eigenvalue weighted by Crippen LogP contribution is 2.39. The lowest BCUT2D eigenvalue weighted by Crippen LogP contribution is -2.33. The third-order valence-electron chi connectivity index (χ3n) is 5.03. The summed E-state index contributed by atoms with van der Waals surface area (Å²) in [6.45, 7) is 6.35. The van der Waals surface area contributed by atoms with E-state index in [-0.39, 0.29) is 17.8 Å². The summed E-state index contributed by atoms with van der Waals surface area (Å²) in [6.07, 6.45) is 4.23. The lowest BCUT2D eigenvalue weighted by Gasteiger charge is -2.32. The molecule has 0 amide bonds. The van der Waals surface area contributed by atoms with Gasteiger partial charge in [0.1, 0.15) is 18.0 Å². The molecule has 0 heterocycles. The van der Waals surface area contributed by atoms with Gasteiger partial charge in [0.15, 0.2) is 0 Å². The van der Waals surface area contributed by atoms with Crippen LogP contribution in [0.15, 0.2) is 54.6 Å². The van der Waals surface area contributed by atoms with Crippen molar-refractivity contribution in [3.8, 4) is 5.75 Å². The molecule has 2 aromatic rings. The molecule has 1 aliphatic rings. The van der Waals surface area contributed by atoms with E-state index < -0.39 is 5.60 Å².